The van der Waals surface area contributed by atoms with Crippen LogP contribution in [0.25, 0.3) is 0 Å². The first-order chi connectivity index (χ1) is 12.8. The monoisotopic (exact) mass is 391 g/mol. The summed E-state index contributed by atoms with van der Waals surface area (Å²) in [4.78, 5) is 0.310. The van der Waals surface area contributed by atoms with Crippen molar-refractivity contribution in [2.24, 2.45) is 0 Å². The highest BCUT2D eigenvalue weighted by Gasteiger charge is 2.20. The zero-order chi connectivity index (χ0) is 20.0. The van der Waals surface area contributed by atoms with E-state index < -0.39 is 10.0 Å². The lowest BCUT2D eigenvalue weighted by Crippen LogP contribution is -2.26. The van der Waals surface area contributed by atoms with Crippen LogP contribution in [0, 0.1) is 6.92 Å². The molecular weight excluding hydrogens is 362 g/mol. The van der Waals surface area contributed by atoms with E-state index in [2.05, 4.69) is 4.72 Å². The molecule has 1 N–H and O–H groups in total. The van der Waals surface area contributed by atoms with Crippen molar-refractivity contribution in [3.63, 3.8) is 0 Å². The van der Waals surface area contributed by atoms with Gasteiger partial charge in [-0.3, -0.25) is 0 Å². The SMILES string of the molecule is COc1ccccc1CCCNS(=O)(=O)c1cc(C(C)C)c(OC)cc1C. The molecule has 0 aliphatic heterocycles. The molecule has 0 fully saturated rings. The van der Waals surface area contributed by atoms with E-state index in [4.69, 9.17) is 9.47 Å². The van der Waals surface area contributed by atoms with E-state index in [0.29, 0.717) is 23.4 Å². The maximum Gasteiger partial charge on any atom is 0.240 e. The Morgan fingerprint density at radius 1 is 1.04 bits per heavy atom. The van der Waals surface area contributed by atoms with Crippen LogP contribution in [0.15, 0.2) is 41.3 Å². The first-order valence-electron chi connectivity index (χ1n) is 9.10. The molecule has 0 saturated carbocycles. The second kappa shape index (κ2) is 9.24. The molecule has 0 amide bonds. The summed E-state index contributed by atoms with van der Waals surface area (Å²) in [5, 5.41) is 0. The molecule has 0 unspecified atom stereocenters. The van der Waals surface area contributed by atoms with E-state index in [1.54, 1.807) is 33.3 Å². The third kappa shape index (κ3) is 5.23. The van der Waals surface area contributed by atoms with Crippen LogP contribution in [-0.4, -0.2) is 29.2 Å². The number of sulfonamides is 1. The molecule has 0 spiro atoms. The lowest BCUT2D eigenvalue weighted by Gasteiger charge is -2.16. The molecule has 0 aromatic heterocycles. The first-order valence-corrected chi connectivity index (χ1v) is 10.6. The zero-order valence-corrected chi connectivity index (χ0v) is 17.5. The van der Waals surface area contributed by atoms with Crippen molar-refractivity contribution in [3.8, 4) is 11.5 Å². The number of benzene rings is 2. The van der Waals surface area contributed by atoms with Gasteiger partial charge in [-0.1, -0.05) is 32.0 Å². The zero-order valence-electron chi connectivity index (χ0n) is 16.7. The van der Waals surface area contributed by atoms with Crippen LogP contribution in [0.5, 0.6) is 11.5 Å². The molecule has 0 atom stereocenters. The summed E-state index contributed by atoms with van der Waals surface area (Å²) in [6, 6.07) is 11.3. The Hall–Kier alpha value is -2.05. The Morgan fingerprint density at radius 2 is 1.70 bits per heavy atom. The summed E-state index contributed by atoms with van der Waals surface area (Å²) in [5.41, 5.74) is 2.63. The largest absolute Gasteiger partial charge is 0.496 e. The third-order valence-electron chi connectivity index (χ3n) is 4.55. The van der Waals surface area contributed by atoms with Crippen LogP contribution < -0.4 is 14.2 Å². The molecule has 0 heterocycles. The van der Waals surface area contributed by atoms with Crippen molar-refractivity contribution in [1.29, 1.82) is 0 Å². The minimum atomic E-state index is -3.58. The molecule has 0 aliphatic carbocycles. The standard InChI is InChI=1S/C21H29NO4S/c1-15(2)18-14-21(16(3)13-20(18)26-5)27(23,24)22-12-8-10-17-9-6-7-11-19(17)25-4/h6-7,9,11,13-15,22H,8,10,12H2,1-5H3. The fourth-order valence-corrected chi connectivity index (χ4v) is 4.40. The summed E-state index contributed by atoms with van der Waals surface area (Å²) in [6.07, 6.45) is 1.43. The highest BCUT2D eigenvalue weighted by Crippen LogP contribution is 2.31. The van der Waals surface area contributed by atoms with Crippen molar-refractivity contribution in [3.05, 3.63) is 53.1 Å². The average Bonchev–Trinajstić information content (AvgIpc) is 2.64. The maximum absolute atomic E-state index is 12.8. The Morgan fingerprint density at radius 3 is 2.33 bits per heavy atom. The summed E-state index contributed by atoms with van der Waals surface area (Å²) in [6.45, 7) is 6.19. The fraction of sp³-hybridized carbons (Fsp3) is 0.429. The lowest BCUT2D eigenvalue weighted by atomic mass is 10.0. The van der Waals surface area contributed by atoms with Crippen molar-refractivity contribution >= 4 is 10.0 Å². The predicted molar refractivity (Wildman–Crippen MR) is 108 cm³/mol. The molecule has 0 saturated heterocycles. The van der Waals surface area contributed by atoms with Gasteiger partial charge in [0, 0.05) is 6.54 Å². The van der Waals surface area contributed by atoms with Gasteiger partial charge in [0.1, 0.15) is 11.5 Å². The van der Waals surface area contributed by atoms with E-state index in [1.165, 1.54) is 0 Å². The lowest BCUT2D eigenvalue weighted by molar-refractivity contribution is 0.406. The number of aryl methyl sites for hydroxylation is 2. The summed E-state index contributed by atoms with van der Waals surface area (Å²) in [5.74, 6) is 1.71. The number of ether oxygens (including phenoxy) is 2. The van der Waals surface area contributed by atoms with E-state index in [1.807, 2.05) is 38.1 Å². The molecule has 6 heteroatoms. The Kier molecular flexibility index (Phi) is 7.27. The Labute approximate surface area is 162 Å². The normalized spacial score (nSPS) is 11.6. The number of hydrogen-bond donors (Lipinski definition) is 1. The molecule has 0 aliphatic rings. The van der Waals surface area contributed by atoms with Gasteiger partial charge in [0.25, 0.3) is 0 Å². The maximum atomic E-state index is 12.8. The van der Waals surface area contributed by atoms with Gasteiger partial charge < -0.3 is 9.47 Å². The number of para-hydroxylation sites is 1. The minimum Gasteiger partial charge on any atom is -0.496 e. The molecular formula is C21H29NO4S. The quantitative estimate of drug-likeness (QED) is 0.655. The Bertz CT molecular complexity index is 876. The van der Waals surface area contributed by atoms with Gasteiger partial charge >= 0.3 is 0 Å². The second-order valence-electron chi connectivity index (χ2n) is 6.83. The number of hydrogen-bond acceptors (Lipinski definition) is 4. The highest BCUT2D eigenvalue weighted by molar-refractivity contribution is 7.89. The van der Waals surface area contributed by atoms with Gasteiger partial charge in [0.05, 0.1) is 19.1 Å². The highest BCUT2D eigenvalue weighted by atomic mass is 32.2. The number of rotatable bonds is 9. The molecule has 0 radical (unpaired) electrons. The summed E-state index contributed by atoms with van der Waals surface area (Å²) >= 11 is 0. The van der Waals surface area contributed by atoms with Crippen molar-refractivity contribution in [2.45, 2.75) is 44.4 Å². The van der Waals surface area contributed by atoms with Crippen LogP contribution in [0.4, 0.5) is 0 Å². The second-order valence-corrected chi connectivity index (χ2v) is 8.56. The summed E-state index contributed by atoms with van der Waals surface area (Å²) < 4.78 is 39.0. The molecule has 2 aromatic rings. The van der Waals surface area contributed by atoms with Gasteiger partial charge in [-0.25, -0.2) is 13.1 Å². The molecule has 27 heavy (non-hydrogen) atoms. The van der Waals surface area contributed by atoms with Gasteiger partial charge in [-0.05, 0) is 60.6 Å². The van der Waals surface area contributed by atoms with Crippen LogP contribution in [-0.2, 0) is 16.4 Å². The molecule has 2 rings (SSSR count). The predicted octanol–water partition coefficient (Wildman–Crippen LogP) is 4.05. The van der Waals surface area contributed by atoms with Crippen LogP contribution >= 0.6 is 0 Å². The molecule has 2 aromatic carbocycles. The van der Waals surface area contributed by atoms with Crippen molar-refractivity contribution in [1.82, 2.24) is 4.72 Å². The van der Waals surface area contributed by atoms with E-state index in [9.17, 15) is 8.42 Å². The third-order valence-corrected chi connectivity index (χ3v) is 6.15. The van der Waals surface area contributed by atoms with Crippen LogP contribution in [0.3, 0.4) is 0 Å². The molecule has 5 nitrogen and oxygen atoms in total. The van der Waals surface area contributed by atoms with Crippen molar-refractivity contribution < 1.29 is 17.9 Å². The average molecular weight is 392 g/mol. The van der Waals surface area contributed by atoms with E-state index >= 15 is 0 Å². The van der Waals surface area contributed by atoms with Crippen molar-refractivity contribution in [2.75, 3.05) is 20.8 Å². The topological polar surface area (TPSA) is 64.6 Å². The smallest absolute Gasteiger partial charge is 0.240 e. The van der Waals surface area contributed by atoms with Gasteiger partial charge in [0.15, 0.2) is 0 Å². The fourth-order valence-electron chi connectivity index (χ4n) is 3.07. The molecule has 148 valence electrons. The van der Waals surface area contributed by atoms with Crippen LogP contribution in [0.1, 0.15) is 42.9 Å². The Balaban J connectivity index is 2.09. The van der Waals surface area contributed by atoms with E-state index in [0.717, 1.165) is 29.0 Å². The van der Waals surface area contributed by atoms with E-state index in [-0.39, 0.29) is 5.92 Å². The molecule has 0 bridgehead atoms. The minimum absolute atomic E-state index is 0.167. The number of methoxy groups -OCH3 is 2. The van der Waals surface area contributed by atoms with Crippen LogP contribution in [0.2, 0.25) is 0 Å². The van der Waals surface area contributed by atoms with Gasteiger partial charge in [-0.15, -0.1) is 0 Å². The summed E-state index contributed by atoms with van der Waals surface area (Å²) in [7, 11) is -0.338. The van der Waals surface area contributed by atoms with Gasteiger partial charge in [0.2, 0.25) is 10.0 Å². The first kappa shape index (κ1) is 21.3. The number of nitrogens with one attached hydrogen (secondary N) is 1. The van der Waals surface area contributed by atoms with Gasteiger partial charge in [-0.2, -0.15) is 0 Å².